The number of carbonyl (C=O) groups excluding carboxylic acids is 1. The summed E-state index contributed by atoms with van der Waals surface area (Å²) in [4.78, 5) is 17.3. The second-order valence-corrected chi connectivity index (χ2v) is 7.45. The normalized spacial score (nSPS) is 32.8. The van der Waals surface area contributed by atoms with Gasteiger partial charge in [-0.1, -0.05) is 13.0 Å². The minimum absolute atomic E-state index is 0.0104. The maximum Gasteiger partial charge on any atom is 0.433 e. The average molecular weight is 369 g/mol. The molecule has 0 radical (unpaired) electrons. The number of hydrogen-bond acceptors (Lipinski definition) is 4. The van der Waals surface area contributed by atoms with E-state index in [-0.39, 0.29) is 29.4 Å². The molecule has 0 aliphatic carbocycles. The Balaban J connectivity index is 1.52. The van der Waals surface area contributed by atoms with Crippen LogP contribution in [0.3, 0.4) is 0 Å². The lowest BCUT2D eigenvalue weighted by Crippen LogP contribution is -2.41. The van der Waals surface area contributed by atoms with E-state index in [1.165, 1.54) is 6.07 Å². The molecule has 5 nitrogen and oxygen atoms in total. The van der Waals surface area contributed by atoms with Crippen molar-refractivity contribution in [3.05, 3.63) is 23.9 Å². The molecule has 0 unspecified atom stereocenters. The van der Waals surface area contributed by atoms with Gasteiger partial charge in [0.25, 0.3) is 0 Å². The highest BCUT2D eigenvalue weighted by molar-refractivity contribution is 5.75. The van der Waals surface area contributed by atoms with Crippen molar-refractivity contribution in [3.63, 3.8) is 0 Å². The van der Waals surface area contributed by atoms with Crippen LogP contribution in [0, 0.1) is 11.8 Å². The zero-order chi connectivity index (χ0) is 18.5. The van der Waals surface area contributed by atoms with Crippen LogP contribution in [0.25, 0.3) is 0 Å². The van der Waals surface area contributed by atoms with Crippen LogP contribution in [0.5, 0.6) is 0 Å². The first kappa shape index (κ1) is 17.6. The van der Waals surface area contributed by atoms with Crippen LogP contribution in [-0.4, -0.2) is 42.2 Å². The summed E-state index contributed by atoms with van der Waals surface area (Å²) in [5.74, 6) is 0.757. The van der Waals surface area contributed by atoms with Gasteiger partial charge in [0, 0.05) is 37.9 Å². The zero-order valence-electron chi connectivity index (χ0n) is 14.6. The van der Waals surface area contributed by atoms with Crippen molar-refractivity contribution in [2.75, 3.05) is 24.5 Å². The molecule has 1 aromatic rings. The number of nitrogens with one attached hydrogen (secondary N) is 1. The molecule has 3 fully saturated rings. The lowest BCUT2D eigenvalue weighted by molar-refractivity contribution is -0.141. The van der Waals surface area contributed by atoms with E-state index in [0.717, 1.165) is 18.9 Å². The maximum absolute atomic E-state index is 13.0. The molecule has 8 heteroatoms. The van der Waals surface area contributed by atoms with Crippen molar-refractivity contribution >= 4 is 11.7 Å². The maximum atomic E-state index is 13.0. The molecule has 4 heterocycles. The van der Waals surface area contributed by atoms with E-state index in [9.17, 15) is 18.0 Å². The van der Waals surface area contributed by atoms with E-state index in [4.69, 9.17) is 4.74 Å². The van der Waals surface area contributed by atoms with E-state index in [1.54, 1.807) is 6.07 Å². The Morgan fingerprint density at radius 3 is 3.00 bits per heavy atom. The van der Waals surface area contributed by atoms with Crippen molar-refractivity contribution in [1.82, 2.24) is 10.3 Å². The minimum atomic E-state index is -4.45. The first-order valence-electron chi connectivity index (χ1n) is 9.06. The summed E-state index contributed by atoms with van der Waals surface area (Å²) in [6, 6.07) is 4.01. The molecule has 0 saturated carbocycles. The number of amides is 1. The average Bonchev–Trinajstić information content (AvgIpc) is 3.27. The van der Waals surface area contributed by atoms with Crippen LogP contribution in [0.1, 0.15) is 31.9 Å². The first-order chi connectivity index (χ1) is 12.3. The summed E-state index contributed by atoms with van der Waals surface area (Å²) in [5.41, 5.74) is -1.19. The lowest BCUT2D eigenvalue weighted by atomic mass is 9.73. The molecule has 1 spiro atoms. The summed E-state index contributed by atoms with van der Waals surface area (Å²) < 4.78 is 45.1. The van der Waals surface area contributed by atoms with Gasteiger partial charge in [0.2, 0.25) is 5.91 Å². The van der Waals surface area contributed by atoms with E-state index >= 15 is 0 Å². The van der Waals surface area contributed by atoms with E-state index in [0.29, 0.717) is 31.9 Å². The third-order valence-electron chi connectivity index (χ3n) is 5.99. The number of pyridine rings is 1. The van der Waals surface area contributed by atoms with Gasteiger partial charge < -0.3 is 15.0 Å². The van der Waals surface area contributed by atoms with Gasteiger partial charge in [-0.2, -0.15) is 13.2 Å². The quantitative estimate of drug-likeness (QED) is 0.887. The number of carbonyl (C=O) groups is 1. The summed E-state index contributed by atoms with van der Waals surface area (Å²) in [6.45, 7) is 3.54. The SMILES string of the molecule is CCC(=O)NC[C@H]1[C@H]2CN(c3cccc(C(F)(F)F)n3)C[C@]23CC[C@H]1O3. The molecule has 3 aliphatic rings. The monoisotopic (exact) mass is 369 g/mol. The third-order valence-corrected chi connectivity index (χ3v) is 5.99. The number of anilines is 1. The Bertz CT molecular complexity index is 711. The molecule has 3 aliphatic heterocycles. The Morgan fingerprint density at radius 2 is 2.27 bits per heavy atom. The molecule has 1 amide bonds. The number of ether oxygens (including phenoxy) is 1. The fourth-order valence-corrected chi connectivity index (χ4v) is 4.75. The largest absolute Gasteiger partial charge is 0.433 e. The highest BCUT2D eigenvalue weighted by Crippen LogP contribution is 2.55. The third kappa shape index (κ3) is 2.84. The van der Waals surface area contributed by atoms with E-state index in [1.807, 2.05) is 11.8 Å². The van der Waals surface area contributed by atoms with Crippen LogP contribution in [-0.2, 0) is 15.7 Å². The van der Waals surface area contributed by atoms with Crippen LogP contribution in [0.15, 0.2) is 18.2 Å². The van der Waals surface area contributed by atoms with Gasteiger partial charge in [-0.05, 0) is 25.0 Å². The lowest BCUT2D eigenvalue weighted by Gasteiger charge is -2.29. The number of rotatable bonds is 4. The van der Waals surface area contributed by atoms with Gasteiger partial charge >= 0.3 is 6.18 Å². The number of halogens is 3. The molecule has 1 aromatic heterocycles. The van der Waals surface area contributed by atoms with Gasteiger partial charge in [0.05, 0.1) is 11.7 Å². The van der Waals surface area contributed by atoms with Gasteiger partial charge in [-0.3, -0.25) is 4.79 Å². The molecular weight excluding hydrogens is 347 g/mol. The van der Waals surface area contributed by atoms with Crippen molar-refractivity contribution in [2.45, 2.75) is 44.1 Å². The molecule has 1 N–H and O–H groups in total. The Hall–Kier alpha value is -1.83. The highest BCUT2D eigenvalue weighted by Gasteiger charge is 2.63. The van der Waals surface area contributed by atoms with E-state index < -0.39 is 11.9 Å². The zero-order valence-corrected chi connectivity index (χ0v) is 14.6. The van der Waals surface area contributed by atoms with E-state index in [2.05, 4.69) is 10.3 Å². The number of fused-ring (bicyclic) bond motifs is 1. The predicted octanol–water partition coefficient (Wildman–Crippen LogP) is 2.61. The second-order valence-electron chi connectivity index (χ2n) is 7.45. The van der Waals surface area contributed by atoms with Crippen LogP contribution in [0.2, 0.25) is 0 Å². The van der Waals surface area contributed by atoms with Gasteiger partial charge in [-0.15, -0.1) is 0 Å². The fourth-order valence-electron chi connectivity index (χ4n) is 4.75. The van der Waals surface area contributed by atoms with Crippen LogP contribution >= 0.6 is 0 Å². The van der Waals surface area contributed by atoms with Crippen molar-refractivity contribution in [2.24, 2.45) is 11.8 Å². The molecule has 4 rings (SSSR count). The summed E-state index contributed by atoms with van der Waals surface area (Å²) in [7, 11) is 0. The number of hydrogen-bond donors (Lipinski definition) is 1. The molecule has 2 bridgehead atoms. The van der Waals surface area contributed by atoms with Gasteiger partial charge in [0.15, 0.2) is 0 Å². The summed E-state index contributed by atoms with van der Waals surface area (Å²) in [6.07, 6.45) is -2.03. The van der Waals surface area contributed by atoms with Gasteiger partial charge in [-0.25, -0.2) is 4.98 Å². The van der Waals surface area contributed by atoms with Crippen LogP contribution < -0.4 is 10.2 Å². The standard InChI is InChI=1S/C18H22F3N3O2/c1-2-16(25)22-8-11-12-9-24(10-17(12)7-6-13(11)26-17)15-5-3-4-14(23-15)18(19,20)21/h3-5,11-13H,2,6-10H2,1H3,(H,22,25)/t11-,12+,13+,17+/m0/s1. The Labute approximate surface area is 149 Å². The Morgan fingerprint density at radius 1 is 1.46 bits per heavy atom. The summed E-state index contributed by atoms with van der Waals surface area (Å²) in [5, 5.41) is 2.95. The molecule has 3 saturated heterocycles. The molecule has 0 aromatic carbocycles. The molecule has 26 heavy (non-hydrogen) atoms. The van der Waals surface area contributed by atoms with Crippen molar-refractivity contribution in [1.29, 1.82) is 0 Å². The number of alkyl halides is 3. The topological polar surface area (TPSA) is 54.5 Å². The Kier molecular flexibility index (Phi) is 4.13. The van der Waals surface area contributed by atoms with Crippen molar-refractivity contribution < 1.29 is 22.7 Å². The van der Waals surface area contributed by atoms with Crippen molar-refractivity contribution in [3.8, 4) is 0 Å². The number of nitrogens with zero attached hydrogens (tertiary/aromatic N) is 2. The fraction of sp³-hybridized carbons (Fsp3) is 0.667. The highest BCUT2D eigenvalue weighted by atomic mass is 19.4. The second kappa shape index (κ2) is 6.11. The van der Waals surface area contributed by atoms with Crippen LogP contribution in [0.4, 0.5) is 19.0 Å². The molecular formula is C18H22F3N3O2. The van der Waals surface area contributed by atoms with Gasteiger partial charge in [0.1, 0.15) is 11.5 Å². The summed E-state index contributed by atoms with van der Waals surface area (Å²) >= 11 is 0. The number of aromatic nitrogens is 1. The predicted molar refractivity (Wildman–Crippen MR) is 88.6 cm³/mol. The first-order valence-corrected chi connectivity index (χ1v) is 9.06. The smallest absolute Gasteiger partial charge is 0.369 e. The molecule has 4 atom stereocenters. The molecule has 142 valence electrons. The minimum Gasteiger partial charge on any atom is -0.369 e.